The van der Waals surface area contributed by atoms with Crippen LogP contribution < -0.4 is 5.32 Å². The maximum atomic E-state index is 10.9. The summed E-state index contributed by atoms with van der Waals surface area (Å²) in [6.07, 6.45) is 0. The maximum Gasteiger partial charge on any atom is 0.354 e. The van der Waals surface area contributed by atoms with Gasteiger partial charge in [0.05, 0.1) is 5.60 Å². The SMILES string of the molecule is CCOC(C)(C)CNc1nc(C)cc(C(=O)O)n1. The lowest BCUT2D eigenvalue weighted by Gasteiger charge is -2.24. The quantitative estimate of drug-likeness (QED) is 0.803. The number of carboxylic acids is 1. The predicted molar refractivity (Wildman–Crippen MR) is 67.9 cm³/mol. The summed E-state index contributed by atoms with van der Waals surface area (Å²) in [5.41, 5.74) is 0.240. The summed E-state index contributed by atoms with van der Waals surface area (Å²) in [6.45, 7) is 8.66. The molecule has 0 aliphatic carbocycles. The van der Waals surface area contributed by atoms with Crippen molar-refractivity contribution in [2.75, 3.05) is 18.5 Å². The van der Waals surface area contributed by atoms with Gasteiger partial charge in [-0.2, -0.15) is 0 Å². The topological polar surface area (TPSA) is 84.3 Å². The smallest absolute Gasteiger partial charge is 0.354 e. The summed E-state index contributed by atoms with van der Waals surface area (Å²) in [5.74, 6) is -0.757. The normalized spacial score (nSPS) is 11.3. The van der Waals surface area contributed by atoms with Crippen LogP contribution in [0.4, 0.5) is 5.95 Å². The van der Waals surface area contributed by atoms with Gasteiger partial charge < -0.3 is 15.2 Å². The minimum atomic E-state index is -1.06. The molecule has 1 rings (SSSR count). The zero-order chi connectivity index (χ0) is 13.8. The van der Waals surface area contributed by atoms with E-state index in [-0.39, 0.29) is 11.3 Å². The van der Waals surface area contributed by atoms with Crippen molar-refractivity contribution < 1.29 is 14.6 Å². The van der Waals surface area contributed by atoms with Crippen LogP contribution in [-0.2, 0) is 4.74 Å². The molecule has 0 aromatic carbocycles. The lowest BCUT2D eigenvalue weighted by atomic mass is 10.1. The van der Waals surface area contributed by atoms with E-state index in [0.717, 1.165) is 0 Å². The van der Waals surface area contributed by atoms with Gasteiger partial charge in [-0.1, -0.05) is 0 Å². The summed E-state index contributed by atoms with van der Waals surface area (Å²) >= 11 is 0. The van der Waals surface area contributed by atoms with Gasteiger partial charge >= 0.3 is 5.97 Å². The van der Waals surface area contributed by atoms with E-state index in [1.165, 1.54) is 6.07 Å². The molecule has 100 valence electrons. The van der Waals surface area contributed by atoms with Crippen LogP contribution in [0.5, 0.6) is 0 Å². The van der Waals surface area contributed by atoms with Crippen molar-refractivity contribution in [3.8, 4) is 0 Å². The monoisotopic (exact) mass is 253 g/mol. The number of aryl methyl sites for hydroxylation is 1. The van der Waals surface area contributed by atoms with Gasteiger partial charge in [-0.05, 0) is 33.8 Å². The minimum Gasteiger partial charge on any atom is -0.477 e. The second kappa shape index (κ2) is 5.77. The van der Waals surface area contributed by atoms with Crippen LogP contribution in [0.3, 0.4) is 0 Å². The molecule has 6 heteroatoms. The van der Waals surface area contributed by atoms with Crippen LogP contribution in [0.2, 0.25) is 0 Å². The summed E-state index contributed by atoms with van der Waals surface area (Å²) in [7, 11) is 0. The van der Waals surface area contributed by atoms with Crippen LogP contribution in [0, 0.1) is 6.92 Å². The summed E-state index contributed by atoms with van der Waals surface area (Å²) in [4.78, 5) is 18.9. The first-order valence-corrected chi connectivity index (χ1v) is 5.81. The molecule has 0 radical (unpaired) electrons. The molecule has 18 heavy (non-hydrogen) atoms. The van der Waals surface area contributed by atoms with Crippen LogP contribution in [-0.4, -0.2) is 39.8 Å². The summed E-state index contributed by atoms with van der Waals surface area (Å²) in [5, 5.41) is 11.9. The molecule has 2 N–H and O–H groups in total. The fourth-order valence-electron chi connectivity index (χ4n) is 1.49. The molecule has 0 aliphatic heterocycles. The number of nitrogens with zero attached hydrogens (tertiary/aromatic N) is 2. The highest BCUT2D eigenvalue weighted by Crippen LogP contribution is 2.11. The molecule has 6 nitrogen and oxygen atoms in total. The molecule has 0 atom stereocenters. The van der Waals surface area contributed by atoms with Gasteiger partial charge in [0.2, 0.25) is 5.95 Å². The Morgan fingerprint density at radius 2 is 2.17 bits per heavy atom. The Balaban J connectivity index is 2.76. The molecule has 0 unspecified atom stereocenters. The molecule has 0 spiro atoms. The fraction of sp³-hybridized carbons (Fsp3) is 0.583. The van der Waals surface area contributed by atoms with E-state index in [9.17, 15) is 4.79 Å². The second-order valence-electron chi connectivity index (χ2n) is 4.57. The van der Waals surface area contributed by atoms with E-state index in [0.29, 0.717) is 24.8 Å². The van der Waals surface area contributed by atoms with Crippen LogP contribution in [0.25, 0.3) is 0 Å². The third-order valence-electron chi connectivity index (χ3n) is 2.28. The Labute approximate surface area is 106 Å². The van der Waals surface area contributed by atoms with Crippen molar-refractivity contribution in [1.82, 2.24) is 9.97 Å². The fourth-order valence-corrected chi connectivity index (χ4v) is 1.49. The number of aromatic nitrogens is 2. The Morgan fingerprint density at radius 3 is 2.72 bits per heavy atom. The van der Waals surface area contributed by atoms with E-state index in [1.807, 2.05) is 20.8 Å². The first-order chi connectivity index (χ1) is 8.34. The van der Waals surface area contributed by atoms with Crippen molar-refractivity contribution in [3.05, 3.63) is 17.5 Å². The van der Waals surface area contributed by atoms with Crippen molar-refractivity contribution >= 4 is 11.9 Å². The van der Waals surface area contributed by atoms with Gasteiger partial charge in [0.15, 0.2) is 5.69 Å². The van der Waals surface area contributed by atoms with Gasteiger partial charge in [0.25, 0.3) is 0 Å². The van der Waals surface area contributed by atoms with E-state index in [4.69, 9.17) is 9.84 Å². The highest BCUT2D eigenvalue weighted by atomic mass is 16.5. The lowest BCUT2D eigenvalue weighted by Crippen LogP contribution is -2.34. The van der Waals surface area contributed by atoms with Crippen molar-refractivity contribution in [1.29, 1.82) is 0 Å². The number of aromatic carboxylic acids is 1. The van der Waals surface area contributed by atoms with Crippen LogP contribution >= 0.6 is 0 Å². The molecule has 0 fully saturated rings. The molecule has 0 bridgehead atoms. The average molecular weight is 253 g/mol. The summed E-state index contributed by atoms with van der Waals surface area (Å²) < 4.78 is 5.52. The Bertz CT molecular complexity index is 433. The van der Waals surface area contributed by atoms with Crippen LogP contribution in [0.15, 0.2) is 6.07 Å². The number of carboxylic acid groups (broad SMARTS) is 1. The van der Waals surface area contributed by atoms with Crippen molar-refractivity contribution in [2.24, 2.45) is 0 Å². The first-order valence-electron chi connectivity index (χ1n) is 5.81. The number of rotatable bonds is 6. The van der Waals surface area contributed by atoms with Crippen molar-refractivity contribution in [3.63, 3.8) is 0 Å². The zero-order valence-electron chi connectivity index (χ0n) is 11.1. The standard InChI is InChI=1S/C12H19N3O3/c1-5-18-12(3,4)7-13-11-14-8(2)6-9(15-11)10(16)17/h6H,5,7H2,1-4H3,(H,16,17)(H,13,14,15). The highest BCUT2D eigenvalue weighted by molar-refractivity contribution is 5.85. The van der Waals surface area contributed by atoms with E-state index in [1.54, 1.807) is 6.92 Å². The number of nitrogens with one attached hydrogen (secondary N) is 1. The number of ether oxygens (including phenoxy) is 1. The zero-order valence-corrected chi connectivity index (χ0v) is 11.1. The maximum absolute atomic E-state index is 10.9. The predicted octanol–water partition coefficient (Wildman–Crippen LogP) is 1.71. The van der Waals surface area contributed by atoms with E-state index < -0.39 is 5.97 Å². The number of anilines is 1. The molecule has 1 aromatic rings. The van der Waals surface area contributed by atoms with Crippen molar-refractivity contribution in [2.45, 2.75) is 33.3 Å². The molecule has 0 saturated heterocycles. The number of hydrogen-bond acceptors (Lipinski definition) is 5. The molecular formula is C12H19N3O3. The summed E-state index contributed by atoms with van der Waals surface area (Å²) in [6, 6.07) is 1.43. The number of hydrogen-bond donors (Lipinski definition) is 2. The van der Waals surface area contributed by atoms with E-state index in [2.05, 4.69) is 15.3 Å². The van der Waals surface area contributed by atoms with Gasteiger partial charge in [-0.15, -0.1) is 0 Å². The Hall–Kier alpha value is -1.69. The second-order valence-corrected chi connectivity index (χ2v) is 4.57. The average Bonchev–Trinajstić information content (AvgIpc) is 2.26. The van der Waals surface area contributed by atoms with Gasteiger partial charge in [-0.25, -0.2) is 14.8 Å². The Morgan fingerprint density at radius 1 is 1.50 bits per heavy atom. The minimum absolute atomic E-state index is 0.0146. The van der Waals surface area contributed by atoms with Crippen LogP contribution in [0.1, 0.15) is 37.0 Å². The third-order valence-corrected chi connectivity index (χ3v) is 2.28. The van der Waals surface area contributed by atoms with Gasteiger partial charge in [0, 0.05) is 18.8 Å². The van der Waals surface area contributed by atoms with Gasteiger partial charge in [-0.3, -0.25) is 0 Å². The lowest BCUT2D eigenvalue weighted by molar-refractivity contribution is 0.000578. The molecule has 1 heterocycles. The first kappa shape index (κ1) is 14.4. The molecule has 0 saturated carbocycles. The third kappa shape index (κ3) is 4.29. The molecule has 0 aliphatic rings. The Kier molecular flexibility index (Phi) is 4.61. The molecular weight excluding hydrogens is 234 g/mol. The number of carbonyl (C=O) groups is 1. The molecule has 1 aromatic heterocycles. The largest absolute Gasteiger partial charge is 0.477 e. The highest BCUT2D eigenvalue weighted by Gasteiger charge is 2.18. The van der Waals surface area contributed by atoms with Gasteiger partial charge in [0.1, 0.15) is 0 Å². The molecule has 0 amide bonds. The van der Waals surface area contributed by atoms with E-state index >= 15 is 0 Å².